The van der Waals surface area contributed by atoms with Gasteiger partial charge in [0, 0.05) is 39.1 Å². The second kappa shape index (κ2) is 12.3. The van der Waals surface area contributed by atoms with Gasteiger partial charge in [-0.05, 0) is 51.0 Å². The lowest BCUT2D eigenvalue weighted by molar-refractivity contribution is -0.149. The minimum atomic E-state index is -4.16. The van der Waals surface area contributed by atoms with E-state index in [4.69, 9.17) is 9.47 Å². The van der Waals surface area contributed by atoms with Crippen molar-refractivity contribution in [2.75, 3.05) is 19.8 Å². The molecule has 0 bridgehead atoms. The van der Waals surface area contributed by atoms with Gasteiger partial charge in [-0.15, -0.1) is 11.8 Å². The number of sulfonamides is 1. The predicted molar refractivity (Wildman–Crippen MR) is 142 cm³/mol. The largest absolute Gasteiger partial charge is 0.462 e. The minimum absolute atomic E-state index is 0.0646. The van der Waals surface area contributed by atoms with E-state index in [0.29, 0.717) is 5.56 Å². The van der Waals surface area contributed by atoms with Crippen LogP contribution in [-0.4, -0.2) is 84.4 Å². The molecule has 14 heteroatoms. The van der Waals surface area contributed by atoms with Crippen molar-refractivity contribution < 1.29 is 32.3 Å². The molecule has 0 aliphatic carbocycles. The van der Waals surface area contributed by atoms with E-state index in [1.807, 2.05) is 6.92 Å². The first-order valence-corrected chi connectivity index (χ1v) is 14.5. The van der Waals surface area contributed by atoms with E-state index in [0.717, 1.165) is 5.75 Å². The van der Waals surface area contributed by atoms with Crippen molar-refractivity contribution in [3.63, 3.8) is 0 Å². The normalized spacial score (nSPS) is 18.3. The maximum absolute atomic E-state index is 13.4. The number of rotatable bonds is 10. The van der Waals surface area contributed by atoms with Crippen LogP contribution in [0.2, 0.25) is 0 Å². The number of nitrogens with zero attached hydrogens (tertiary/aromatic N) is 3. The monoisotopic (exact) mass is 567 g/mol. The predicted octanol–water partition coefficient (Wildman–Crippen LogP) is 1.56. The number of nitrogens with one attached hydrogen (secondary N) is 2. The third-order valence-corrected chi connectivity index (χ3v) is 8.14. The molecule has 2 heterocycles. The molecule has 3 atom stereocenters. The van der Waals surface area contributed by atoms with Gasteiger partial charge in [-0.3, -0.25) is 19.6 Å². The van der Waals surface area contributed by atoms with E-state index in [-0.39, 0.29) is 34.6 Å². The number of esters is 1. The molecule has 2 N–H and O–H groups in total. The van der Waals surface area contributed by atoms with Gasteiger partial charge < -0.3 is 14.4 Å². The van der Waals surface area contributed by atoms with E-state index >= 15 is 0 Å². The van der Waals surface area contributed by atoms with E-state index in [1.165, 1.54) is 59.8 Å². The molecule has 1 amide bonds. The number of hydrogen-bond acceptors (Lipinski definition) is 10. The summed E-state index contributed by atoms with van der Waals surface area (Å²) >= 11 is 1.44. The van der Waals surface area contributed by atoms with Crippen LogP contribution in [-0.2, 0) is 33.0 Å². The van der Waals surface area contributed by atoms with E-state index in [2.05, 4.69) is 15.1 Å². The molecular weight excluding hydrogens is 534 g/mol. The molecule has 3 rings (SSSR count). The third-order valence-electron chi connectivity index (χ3n) is 5.40. The number of aromatic nitrogens is 2. The average molecular weight is 568 g/mol. The molecule has 0 spiro atoms. The molecule has 208 valence electrons. The van der Waals surface area contributed by atoms with Gasteiger partial charge >= 0.3 is 12.1 Å². The molecule has 38 heavy (non-hydrogen) atoms. The molecule has 2 aromatic rings. The molecule has 1 unspecified atom stereocenters. The molecule has 1 aromatic carbocycles. The molecule has 1 aromatic heterocycles. The van der Waals surface area contributed by atoms with E-state index in [9.17, 15) is 22.8 Å². The van der Waals surface area contributed by atoms with Crippen molar-refractivity contribution in [3.05, 3.63) is 41.6 Å². The van der Waals surface area contributed by atoms with E-state index in [1.54, 1.807) is 27.0 Å². The van der Waals surface area contributed by atoms with Crippen LogP contribution in [0, 0.1) is 0 Å². The lowest BCUT2D eigenvalue weighted by atomic mass is 10.0. The first kappa shape index (κ1) is 29.6. The SMILES string of the molecule is CC1CS[C@@H](C(=O)c2cc(C[C@H](NS(=O)(=O)c3ccn(C)n3)C(=O)OC(C)C)ccc2OC(=O)N(C)C)N1. The van der Waals surface area contributed by atoms with Crippen LogP contribution in [0.3, 0.4) is 0 Å². The first-order chi connectivity index (χ1) is 17.8. The summed E-state index contributed by atoms with van der Waals surface area (Å²) in [6, 6.07) is 4.67. The zero-order chi connectivity index (χ0) is 28.2. The summed E-state index contributed by atoms with van der Waals surface area (Å²) in [6.07, 6.45) is 0.203. The number of carbonyl (C=O) groups excluding carboxylic acids is 3. The Morgan fingerprint density at radius 3 is 2.53 bits per heavy atom. The molecule has 12 nitrogen and oxygen atoms in total. The standard InChI is InChI=1S/C24H33N5O7S2/c1-14(2)35-23(31)18(27-38(33,34)20-9-10-29(6)26-20)12-16-7-8-19(36-24(32)28(4)5)17(11-16)21(30)22-25-15(3)13-37-22/h7-11,14-15,18,22,25,27H,12-13H2,1-6H3/t15?,18-,22-/m0/s1. The lowest BCUT2D eigenvalue weighted by Crippen LogP contribution is -2.44. The third kappa shape index (κ3) is 7.56. The summed E-state index contributed by atoms with van der Waals surface area (Å²) in [7, 11) is 0.459. The Labute approximate surface area is 226 Å². The Balaban J connectivity index is 1.95. The lowest BCUT2D eigenvalue weighted by Gasteiger charge is -2.20. The second-order valence-corrected chi connectivity index (χ2v) is 12.2. The van der Waals surface area contributed by atoms with Crippen LogP contribution in [0.5, 0.6) is 5.75 Å². The topological polar surface area (TPSA) is 149 Å². The Bertz CT molecular complexity index is 1290. The summed E-state index contributed by atoms with van der Waals surface area (Å²) in [6.45, 7) is 5.27. The molecule has 1 saturated heterocycles. The molecular formula is C24H33N5O7S2. The highest BCUT2D eigenvalue weighted by Gasteiger charge is 2.32. The smallest absolute Gasteiger partial charge is 0.414 e. The number of hydrogen-bond donors (Lipinski definition) is 2. The summed E-state index contributed by atoms with van der Waals surface area (Å²) in [5.74, 6) is -0.272. The molecule has 1 fully saturated rings. The van der Waals surface area contributed by atoms with Crippen molar-refractivity contribution in [1.29, 1.82) is 0 Å². The number of benzene rings is 1. The van der Waals surface area contributed by atoms with Crippen LogP contribution in [0.25, 0.3) is 0 Å². The highest BCUT2D eigenvalue weighted by molar-refractivity contribution is 8.00. The number of ether oxygens (including phenoxy) is 2. The number of ketones is 1. The van der Waals surface area contributed by atoms with Gasteiger partial charge in [-0.2, -0.15) is 9.82 Å². The van der Waals surface area contributed by atoms with Crippen LogP contribution >= 0.6 is 11.8 Å². The van der Waals surface area contributed by atoms with Gasteiger partial charge in [0.15, 0.2) is 10.8 Å². The Hall–Kier alpha value is -2.94. The Kier molecular flexibility index (Phi) is 9.57. The quantitative estimate of drug-likeness (QED) is 0.320. The minimum Gasteiger partial charge on any atom is -0.462 e. The van der Waals surface area contributed by atoms with Gasteiger partial charge in [0.05, 0.1) is 11.7 Å². The highest BCUT2D eigenvalue weighted by Crippen LogP contribution is 2.29. The van der Waals surface area contributed by atoms with E-state index < -0.39 is 39.6 Å². The van der Waals surface area contributed by atoms with Gasteiger partial charge in [0.2, 0.25) is 0 Å². The summed E-state index contributed by atoms with van der Waals surface area (Å²) in [4.78, 5) is 39.8. The fraction of sp³-hybridized carbons (Fsp3) is 0.500. The van der Waals surface area contributed by atoms with Gasteiger partial charge in [-0.25, -0.2) is 13.2 Å². The van der Waals surface area contributed by atoms with Crippen LogP contribution < -0.4 is 14.8 Å². The number of carbonyl (C=O) groups is 3. The molecule has 1 aliphatic rings. The van der Waals surface area contributed by atoms with Crippen LogP contribution in [0.15, 0.2) is 35.5 Å². The number of thioether (sulfide) groups is 1. The highest BCUT2D eigenvalue weighted by atomic mass is 32.2. The van der Waals surface area contributed by atoms with Gasteiger partial charge in [0.1, 0.15) is 17.2 Å². The maximum Gasteiger partial charge on any atom is 0.414 e. The van der Waals surface area contributed by atoms with Crippen molar-refractivity contribution >= 4 is 39.6 Å². The zero-order valence-corrected chi connectivity index (χ0v) is 23.8. The molecule has 1 aliphatic heterocycles. The Morgan fingerprint density at radius 2 is 1.97 bits per heavy atom. The second-order valence-electron chi connectivity index (χ2n) is 9.43. The number of aryl methyl sites for hydroxylation is 1. The van der Waals surface area contributed by atoms with Crippen molar-refractivity contribution in [2.24, 2.45) is 7.05 Å². The van der Waals surface area contributed by atoms with Gasteiger partial charge in [-0.1, -0.05) is 6.07 Å². The molecule has 0 saturated carbocycles. The van der Waals surface area contributed by atoms with Crippen LogP contribution in [0.1, 0.15) is 36.7 Å². The number of amides is 1. The van der Waals surface area contributed by atoms with Gasteiger partial charge in [0.25, 0.3) is 10.0 Å². The van der Waals surface area contributed by atoms with Crippen molar-refractivity contribution in [3.8, 4) is 5.75 Å². The fourth-order valence-corrected chi connectivity index (χ4v) is 5.90. The Morgan fingerprint density at radius 1 is 1.26 bits per heavy atom. The fourth-order valence-electron chi connectivity index (χ4n) is 3.57. The average Bonchev–Trinajstić information content (AvgIpc) is 3.47. The summed E-state index contributed by atoms with van der Waals surface area (Å²) in [5, 5.41) is 6.32. The summed E-state index contributed by atoms with van der Waals surface area (Å²) < 4.78 is 40.3. The number of Topliss-reactive ketones (excluding diaryl/α,β-unsaturated/α-hetero) is 1. The summed E-state index contributed by atoms with van der Waals surface area (Å²) in [5.41, 5.74) is 0.601. The maximum atomic E-state index is 13.4. The molecule has 0 radical (unpaired) electrons. The van der Waals surface area contributed by atoms with Crippen molar-refractivity contribution in [1.82, 2.24) is 24.7 Å². The van der Waals surface area contributed by atoms with Crippen molar-refractivity contribution in [2.45, 2.75) is 55.8 Å². The first-order valence-electron chi connectivity index (χ1n) is 11.9. The zero-order valence-electron chi connectivity index (χ0n) is 22.1. The van der Waals surface area contributed by atoms with Crippen LogP contribution in [0.4, 0.5) is 4.79 Å².